The molecule has 2 aromatic carbocycles. The molecule has 0 atom stereocenters. The summed E-state index contributed by atoms with van der Waals surface area (Å²) in [5.74, 6) is 0.525. The molecule has 0 amide bonds. The Morgan fingerprint density at radius 2 is 1.54 bits per heavy atom. The number of benzene rings is 2. The second kappa shape index (κ2) is 8.08. The van der Waals surface area contributed by atoms with Gasteiger partial charge in [0.05, 0.1) is 45.3 Å². The van der Waals surface area contributed by atoms with Crippen LogP contribution in [0.4, 0.5) is 0 Å². The zero-order chi connectivity index (χ0) is 20.3. The number of imidazole rings is 1. The molecule has 3 rings (SSSR count). The van der Waals surface area contributed by atoms with Crippen LogP contribution in [0.1, 0.15) is 12.0 Å². The monoisotopic (exact) mass is 386 g/mol. The first-order chi connectivity index (χ1) is 13.5. The second-order valence-electron chi connectivity index (χ2n) is 6.19. The fourth-order valence-electron chi connectivity index (χ4n) is 3.26. The van der Waals surface area contributed by atoms with Gasteiger partial charge in [-0.2, -0.15) is 0 Å². The van der Waals surface area contributed by atoms with Crippen LogP contribution in [0.3, 0.4) is 0 Å². The summed E-state index contributed by atoms with van der Waals surface area (Å²) >= 11 is 0. The third-order valence-electron chi connectivity index (χ3n) is 4.54. The minimum Gasteiger partial charge on any atom is -0.493 e. The van der Waals surface area contributed by atoms with Crippen molar-refractivity contribution in [3.8, 4) is 17.2 Å². The molecule has 1 heterocycles. The van der Waals surface area contributed by atoms with Gasteiger partial charge in [-0.25, -0.2) is 4.79 Å². The van der Waals surface area contributed by atoms with Crippen molar-refractivity contribution < 1.29 is 24.1 Å². The van der Waals surface area contributed by atoms with Gasteiger partial charge in [-0.15, -0.1) is 0 Å². The fourth-order valence-corrected chi connectivity index (χ4v) is 3.26. The Balaban J connectivity index is 2.09. The molecule has 8 heteroatoms. The van der Waals surface area contributed by atoms with Crippen molar-refractivity contribution in [2.75, 3.05) is 21.3 Å². The van der Waals surface area contributed by atoms with Gasteiger partial charge < -0.3 is 19.3 Å². The van der Waals surface area contributed by atoms with Crippen LogP contribution in [-0.4, -0.2) is 41.5 Å². The third-order valence-corrected chi connectivity index (χ3v) is 4.54. The summed E-state index contributed by atoms with van der Waals surface area (Å²) in [6.45, 7) is 0.382. The van der Waals surface area contributed by atoms with E-state index in [0.29, 0.717) is 22.8 Å². The number of carboxylic acid groups (broad SMARTS) is 1. The van der Waals surface area contributed by atoms with Crippen LogP contribution in [0.25, 0.3) is 11.0 Å². The molecule has 28 heavy (non-hydrogen) atoms. The minimum atomic E-state index is -0.951. The summed E-state index contributed by atoms with van der Waals surface area (Å²) in [6.07, 6.45) is -0.127. The van der Waals surface area contributed by atoms with E-state index in [1.165, 1.54) is 25.9 Å². The smallest absolute Gasteiger partial charge is 0.329 e. The molecule has 0 radical (unpaired) electrons. The summed E-state index contributed by atoms with van der Waals surface area (Å²) in [5, 5.41) is 8.98. The van der Waals surface area contributed by atoms with Crippen LogP contribution in [0, 0.1) is 0 Å². The lowest BCUT2D eigenvalue weighted by Gasteiger charge is -2.14. The Hall–Kier alpha value is -3.42. The maximum atomic E-state index is 13.0. The molecule has 148 valence electrons. The maximum Gasteiger partial charge on any atom is 0.329 e. The molecule has 0 aliphatic carbocycles. The Morgan fingerprint density at radius 1 is 0.964 bits per heavy atom. The lowest BCUT2D eigenvalue weighted by Crippen LogP contribution is -2.25. The van der Waals surface area contributed by atoms with Crippen molar-refractivity contribution in [3.63, 3.8) is 0 Å². The number of aromatic nitrogens is 2. The van der Waals surface area contributed by atoms with Crippen molar-refractivity contribution in [1.29, 1.82) is 0 Å². The van der Waals surface area contributed by atoms with E-state index in [2.05, 4.69) is 0 Å². The summed E-state index contributed by atoms with van der Waals surface area (Å²) in [7, 11) is 4.59. The number of ether oxygens (including phenoxy) is 3. The summed E-state index contributed by atoms with van der Waals surface area (Å²) in [4.78, 5) is 23.9. The molecule has 0 bridgehead atoms. The van der Waals surface area contributed by atoms with E-state index in [0.717, 1.165) is 11.1 Å². The van der Waals surface area contributed by atoms with Gasteiger partial charge in [0.1, 0.15) is 0 Å². The van der Waals surface area contributed by atoms with Crippen molar-refractivity contribution in [2.24, 2.45) is 0 Å². The first kappa shape index (κ1) is 19.3. The highest BCUT2D eigenvalue weighted by atomic mass is 16.5. The average molecular weight is 386 g/mol. The van der Waals surface area contributed by atoms with Crippen LogP contribution in [0.2, 0.25) is 0 Å². The lowest BCUT2D eigenvalue weighted by atomic mass is 10.1. The van der Waals surface area contributed by atoms with Crippen LogP contribution in [0.5, 0.6) is 17.2 Å². The highest BCUT2D eigenvalue weighted by Crippen LogP contribution is 2.38. The number of fused-ring (bicyclic) bond motifs is 1. The van der Waals surface area contributed by atoms with Gasteiger partial charge in [-0.05, 0) is 29.8 Å². The molecule has 0 fully saturated rings. The van der Waals surface area contributed by atoms with Crippen LogP contribution < -0.4 is 19.9 Å². The van der Waals surface area contributed by atoms with E-state index in [4.69, 9.17) is 19.3 Å². The van der Waals surface area contributed by atoms with E-state index < -0.39 is 5.97 Å². The summed E-state index contributed by atoms with van der Waals surface area (Å²) in [5.41, 5.74) is 1.95. The van der Waals surface area contributed by atoms with Crippen LogP contribution >= 0.6 is 0 Å². The van der Waals surface area contributed by atoms with E-state index >= 15 is 0 Å². The predicted molar refractivity (Wildman–Crippen MR) is 104 cm³/mol. The lowest BCUT2D eigenvalue weighted by molar-refractivity contribution is -0.137. The highest BCUT2D eigenvalue weighted by molar-refractivity contribution is 5.76. The van der Waals surface area contributed by atoms with E-state index in [-0.39, 0.29) is 25.2 Å². The summed E-state index contributed by atoms with van der Waals surface area (Å²) < 4.78 is 19.2. The molecule has 3 aromatic rings. The van der Waals surface area contributed by atoms with Gasteiger partial charge in [0, 0.05) is 6.54 Å². The van der Waals surface area contributed by atoms with Gasteiger partial charge in [0.2, 0.25) is 5.75 Å². The molecule has 0 saturated heterocycles. The molecule has 0 unspecified atom stereocenters. The van der Waals surface area contributed by atoms with E-state index in [1.54, 1.807) is 16.7 Å². The number of aryl methyl sites for hydroxylation is 1. The number of para-hydroxylation sites is 2. The van der Waals surface area contributed by atoms with Gasteiger partial charge >= 0.3 is 11.7 Å². The molecule has 1 aromatic heterocycles. The third kappa shape index (κ3) is 3.53. The largest absolute Gasteiger partial charge is 0.493 e. The molecule has 0 aliphatic rings. The van der Waals surface area contributed by atoms with Gasteiger partial charge in [0.15, 0.2) is 11.5 Å². The predicted octanol–water partition coefficient (Wildman–Crippen LogP) is 2.35. The number of carboxylic acids is 1. The first-order valence-electron chi connectivity index (χ1n) is 8.69. The van der Waals surface area contributed by atoms with Crippen molar-refractivity contribution in [3.05, 3.63) is 52.4 Å². The zero-order valence-electron chi connectivity index (χ0n) is 16.0. The van der Waals surface area contributed by atoms with Crippen molar-refractivity contribution >= 4 is 17.0 Å². The summed E-state index contributed by atoms with van der Waals surface area (Å²) in [6, 6.07) is 10.9. The molecule has 1 N–H and O–H groups in total. The fraction of sp³-hybridized carbons (Fsp3) is 0.300. The Labute approximate surface area is 161 Å². The quantitative estimate of drug-likeness (QED) is 0.639. The number of carbonyl (C=O) groups is 1. The number of hydrogen-bond acceptors (Lipinski definition) is 5. The number of aliphatic carboxylic acids is 1. The van der Waals surface area contributed by atoms with E-state index in [9.17, 15) is 9.59 Å². The molecule has 0 saturated carbocycles. The SMILES string of the molecule is COc1cc(Cn2c(=O)n(CCC(=O)O)c3ccccc32)cc(OC)c1OC. The molecule has 8 nitrogen and oxygen atoms in total. The van der Waals surface area contributed by atoms with Gasteiger partial charge in [0.25, 0.3) is 0 Å². The van der Waals surface area contributed by atoms with Crippen LogP contribution in [0.15, 0.2) is 41.2 Å². The standard InChI is InChI=1S/C20H22N2O6/c1-26-16-10-13(11-17(27-2)19(16)28-3)12-22-15-7-5-4-6-14(15)21(20(22)25)9-8-18(23)24/h4-7,10-11H,8-9,12H2,1-3H3,(H,23,24). The Bertz CT molecular complexity index is 1040. The van der Waals surface area contributed by atoms with Gasteiger partial charge in [-0.1, -0.05) is 12.1 Å². The minimum absolute atomic E-state index is 0.108. The Morgan fingerprint density at radius 3 is 2.04 bits per heavy atom. The van der Waals surface area contributed by atoms with Gasteiger partial charge in [-0.3, -0.25) is 13.9 Å². The molecule has 0 spiro atoms. The number of methoxy groups -OCH3 is 3. The number of rotatable bonds is 8. The normalized spacial score (nSPS) is 10.8. The maximum absolute atomic E-state index is 13.0. The molecule has 0 aliphatic heterocycles. The zero-order valence-corrected chi connectivity index (χ0v) is 16.0. The van der Waals surface area contributed by atoms with Crippen LogP contribution in [-0.2, 0) is 17.9 Å². The highest BCUT2D eigenvalue weighted by Gasteiger charge is 2.17. The van der Waals surface area contributed by atoms with Crippen molar-refractivity contribution in [1.82, 2.24) is 9.13 Å². The second-order valence-corrected chi connectivity index (χ2v) is 6.19. The topological polar surface area (TPSA) is 91.9 Å². The molecular weight excluding hydrogens is 364 g/mol. The molecular formula is C20H22N2O6. The number of nitrogens with zero attached hydrogens (tertiary/aromatic N) is 2. The van der Waals surface area contributed by atoms with Crippen molar-refractivity contribution in [2.45, 2.75) is 19.5 Å². The van der Waals surface area contributed by atoms with E-state index in [1.807, 2.05) is 24.3 Å². The first-order valence-corrected chi connectivity index (χ1v) is 8.69. The Kier molecular flexibility index (Phi) is 5.58. The average Bonchev–Trinajstić information content (AvgIpc) is 2.96. The number of hydrogen-bond donors (Lipinski definition) is 1.